The van der Waals surface area contributed by atoms with Crippen molar-refractivity contribution >= 4 is 39.0 Å². The first-order valence-corrected chi connectivity index (χ1v) is 10.8. The third-order valence-corrected chi connectivity index (χ3v) is 6.71. The van der Waals surface area contributed by atoms with Crippen molar-refractivity contribution in [2.75, 3.05) is 38.3 Å². The van der Waals surface area contributed by atoms with Gasteiger partial charge in [0.2, 0.25) is 0 Å². The van der Waals surface area contributed by atoms with Crippen LogP contribution in [0.4, 0.5) is 5.82 Å². The van der Waals surface area contributed by atoms with Crippen LogP contribution in [0, 0.1) is 13.8 Å². The van der Waals surface area contributed by atoms with Crippen molar-refractivity contribution in [1.82, 2.24) is 9.97 Å². The van der Waals surface area contributed by atoms with Gasteiger partial charge in [-0.25, -0.2) is 9.97 Å². The van der Waals surface area contributed by atoms with Gasteiger partial charge in [-0.1, -0.05) is 23.7 Å². The largest absolute Gasteiger partial charge is 0.370 e. The second-order valence-corrected chi connectivity index (χ2v) is 9.09. The van der Waals surface area contributed by atoms with Gasteiger partial charge in [-0.2, -0.15) is 0 Å². The Labute approximate surface area is 174 Å². The summed E-state index contributed by atoms with van der Waals surface area (Å²) in [4.78, 5) is 16.0. The molecule has 0 bridgehead atoms. The molecule has 5 nitrogen and oxygen atoms in total. The van der Waals surface area contributed by atoms with Crippen LogP contribution in [0.1, 0.15) is 21.8 Å². The average Bonchev–Trinajstić information content (AvgIpc) is 2.97. The van der Waals surface area contributed by atoms with Gasteiger partial charge in [0.05, 0.1) is 18.6 Å². The molecule has 2 aromatic heterocycles. The molecule has 1 aromatic carbocycles. The molecule has 4 rings (SSSR count). The van der Waals surface area contributed by atoms with Crippen LogP contribution in [0.5, 0.6) is 0 Å². The number of hydrogen-bond donors (Lipinski definition) is 1. The second-order valence-electron chi connectivity index (χ2n) is 7.45. The summed E-state index contributed by atoms with van der Waals surface area (Å²) in [7, 11) is 2.11. The maximum atomic E-state index is 6.04. The van der Waals surface area contributed by atoms with E-state index in [0.717, 1.165) is 60.9 Å². The molecule has 0 spiro atoms. The molecule has 1 fully saturated rings. The maximum absolute atomic E-state index is 6.04. The van der Waals surface area contributed by atoms with Crippen molar-refractivity contribution in [1.29, 1.82) is 0 Å². The Balaban J connectivity index is 1.68. The third-order valence-electron chi connectivity index (χ3n) is 5.36. The van der Waals surface area contributed by atoms with Gasteiger partial charge in [0, 0.05) is 23.5 Å². The number of nitrogens with zero attached hydrogens (tertiary/aromatic N) is 3. The molecule has 0 amide bonds. The minimum Gasteiger partial charge on any atom is -0.370 e. The number of aryl methyl sites for hydroxylation is 2. The summed E-state index contributed by atoms with van der Waals surface area (Å²) in [5, 5.41) is 1.94. The number of fused-ring (bicyclic) bond motifs is 1. The summed E-state index contributed by atoms with van der Waals surface area (Å²) in [6.07, 6.45) is 0. The van der Waals surface area contributed by atoms with E-state index in [9.17, 15) is 0 Å². The molecule has 7 heteroatoms. The van der Waals surface area contributed by atoms with E-state index in [1.165, 1.54) is 26.3 Å². The van der Waals surface area contributed by atoms with Gasteiger partial charge in [-0.05, 0) is 37.1 Å². The number of nitrogens with one attached hydrogen (secondary N) is 1. The molecule has 3 aromatic rings. The van der Waals surface area contributed by atoms with Gasteiger partial charge in [0.15, 0.2) is 5.82 Å². The van der Waals surface area contributed by atoms with E-state index in [2.05, 4.69) is 37.9 Å². The fraction of sp³-hybridized carbons (Fsp3) is 0.429. The highest BCUT2D eigenvalue weighted by Gasteiger charge is 2.21. The van der Waals surface area contributed by atoms with E-state index in [4.69, 9.17) is 26.3 Å². The maximum Gasteiger partial charge on any atom is 0.187 e. The van der Waals surface area contributed by atoms with E-state index >= 15 is 0 Å². The molecule has 0 radical (unpaired) electrons. The van der Waals surface area contributed by atoms with Crippen LogP contribution in [0.25, 0.3) is 10.2 Å². The molecule has 0 saturated carbocycles. The number of thiophene rings is 1. The molecule has 1 aliphatic heterocycles. The summed E-state index contributed by atoms with van der Waals surface area (Å²) in [5.41, 5.74) is 2.49. The molecule has 1 saturated heterocycles. The monoisotopic (exact) mass is 417 g/mol. The van der Waals surface area contributed by atoms with E-state index < -0.39 is 0 Å². The highest BCUT2D eigenvalue weighted by atomic mass is 35.5. The second kappa shape index (κ2) is 8.33. The van der Waals surface area contributed by atoms with E-state index in [-0.39, 0.29) is 0 Å². The highest BCUT2D eigenvalue weighted by molar-refractivity contribution is 7.18. The predicted octanol–water partition coefficient (Wildman–Crippen LogP) is 3.01. The third kappa shape index (κ3) is 4.15. The first-order valence-electron chi connectivity index (χ1n) is 9.65. The minimum absolute atomic E-state index is 0.760. The van der Waals surface area contributed by atoms with Gasteiger partial charge >= 0.3 is 0 Å². The number of aromatic nitrogens is 2. The quantitative estimate of drug-likeness (QED) is 0.693. The summed E-state index contributed by atoms with van der Waals surface area (Å²) >= 11 is 7.80. The lowest BCUT2D eigenvalue weighted by atomic mass is 10.2. The number of ether oxygens (including phenoxy) is 1. The smallest absolute Gasteiger partial charge is 0.187 e. The molecule has 0 unspecified atom stereocenters. The number of hydrogen-bond acceptors (Lipinski definition) is 5. The normalized spacial score (nSPS) is 15.3. The zero-order chi connectivity index (χ0) is 19.7. The molecule has 148 valence electrons. The van der Waals surface area contributed by atoms with E-state index in [1.54, 1.807) is 11.3 Å². The molecular weight excluding hydrogens is 392 g/mol. The van der Waals surface area contributed by atoms with Crippen molar-refractivity contribution < 1.29 is 9.64 Å². The van der Waals surface area contributed by atoms with Gasteiger partial charge in [0.25, 0.3) is 0 Å². The van der Waals surface area contributed by atoms with E-state index in [0.29, 0.717) is 0 Å². The molecule has 3 heterocycles. The van der Waals surface area contributed by atoms with Crippen molar-refractivity contribution in [3.63, 3.8) is 0 Å². The van der Waals surface area contributed by atoms with Crippen LogP contribution in [-0.4, -0.2) is 43.3 Å². The zero-order valence-electron chi connectivity index (χ0n) is 16.6. The van der Waals surface area contributed by atoms with Crippen molar-refractivity contribution in [3.8, 4) is 0 Å². The number of morpholine rings is 1. The Morgan fingerprint density at radius 1 is 1.14 bits per heavy atom. The van der Waals surface area contributed by atoms with Crippen molar-refractivity contribution in [2.45, 2.75) is 26.9 Å². The molecule has 28 heavy (non-hydrogen) atoms. The van der Waals surface area contributed by atoms with Gasteiger partial charge in [-0.15, -0.1) is 11.3 Å². The Morgan fingerprint density at radius 3 is 2.57 bits per heavy atom. The van der Waals surface area contributed by atoms with Crippen molar-refractivity contribution in [3.05, 3.63) is 51.1 Å². The van der Waals surface area contributed by atoms with Crippen LogP contribution in [0.15, 0.2) is 24.3 Å². The summed E-state index contributed by atoms with van der Waals surface area (Å²) in [5.74, 6) is 1.94. The lowest BCUT2D eigenvalue weighted by Gasteiger charge is -2.24. The minimum atomic E-state index is 0.760. The van der Waals surface area contributed by atoms with Gasteiger partial charge < -0.3 is 14.5 Å². The number of quaternary nitrogens is 1. The topological polar surface area (TPSA) is 42.7 Å². The highest BCUT2D eigenvalue weighted by Crippen LogP contribution is 2.35. The van der Waals surface area contributed by atoms with Gasteiger partial charge in [0.1, 0.15) is 30.3 Å². The number of halogens is 1. The Hall–Kier alpha value is -1.73. The number of anilines is 1. The van der Waals surface area contributed by atoms with Crippen LogP contribution < -0.4 is 9.80 Å². The first-order chi connectivity index (χ1) is 13.5. The molecule has 0 atom stereocenters. The zero-order valence-corrected chi connectivity index (χ0v) is 18.2. The Bertz CT molecular complexity index is 967. The van der Waals surface area contributed by atoms with E-state index in [1.807, 2.05) is 12.1 Å². The standard InChI is InChI=1S/C21H25ClN4OS/c1-14-15(2)28-21-19(14)20(25(3)12-16-4-6-17(22)7-5-16)23-18(24-21)13-26-8-10-27-11-9-26/h4-7H,8-13H2,1-3H3/p+1. The van der Waals surface area contributed by atoms with Crippen molar-refractivity contribution in [2.24, 2.45) is 0 Å². The molecule has 1 aliphatic rings. The van der Waals surface area contributed by atoms with Crippen LogP contribution in [0.3, 0.4) is 0 Å². The molecule has 0 aliphatic carbocycles. The SMILES string of the molecule is Cc1sc2nc(C[NH+]3CCOCC3)nc(N(C)Cc3ccc(Cl)cc3)c2c1C. The Morgan fingerprint density at radius 2 is 1.86 bits per heavy atom. The van der Waals surface area contributed by atoms with Gasteiger partial charge in [-0.3, -0.25) is 0 Å². The first kappa shape index (κ1) is 19.6. The fourth-order valence-corrected chi connectivity index (χ4v) is 4.79. The summed E-state index contributed by atoms with van der Waals surface area (Å²) in [6.45, 7) is 9.62. The predicted molar refractivity (Wildman–Crippen MR) is 116 cm³/mol. The number of benzene rings is 1. The molecule has 1 N–H and O–H groups in total. The fourth-order valence-electron chi connectivity index (χ4n) is 3.63. The lowest BCUT2D eigenvalue weighted by molar-refractivity contribution is -0.922. The summed E-state index contributed by atoms with van der Waals surface area (Å²) in [6, 6.07) is 8.02. The lowest BCUT2D eigenvalue weighted by Crippen LogP contribution is -3.12. The van der Waals surface area contributed by atoms with Crippen LogP contribution >= 0.6 is 22.9 Å². The van der Waals surface area contributed by atoms with Crippen LogP contribution in [0.2, 0.25) is 5.02 Å². The summed E-state index contributed by atoms with van der Waals surface area (Å²) < 4.78 is 5.49. The molecular formula is C21H26ClN4OS+. The van der Waals surface area contributed by atoms with Crippen LogP contribution in [-0.2, 0) is 17.8 Å². The average molecular weight is 418 g/mol. The number of rotatable bonds is 5. The Kier molecular flexibility index (Phi) is 5.83.